The van der Waals surface area contributed by atoms with E-state index >= 15 is 0 Å². The van der Waals surface area contributed by atoms with Crippen molar-refractivity contribution in [3.8, 4) is 0 Å². The number of carboxylic acid groups (broad SMARTS) is 1. The molecule has 5 nitrogen and oxygen atoms in total. The summed E-state index contributed by atoms with van der Waals surface area (Å²) in [6.07, 6.45) is 5.33. The maximum absolute atomic E-state index is 11.9. The van der Waals surface area contributed by atoms with E-state index in [-0.39, 0.29) is 12.5 Å². The largest absolute Gasteiger partial charge is 0.481 e. The van der Waals surface area contributed by atoms with Crippen LogP contribution in [0.25, 0.3) is 0 Å². The number of carboxylic acids is 1. The number of carbonyl (C=O) groups is 2. The van der Waals surface area contributed by atoms with Crippen LogP contribution in [0.2, 0.25) is 0 Å². The maximum Gasteiger partial charge on any atom is 0.317 e. The summed E-state index contributed by atoms with van der Waals surface area (Å²) in [7, 11) is 0. The number of nitrogens with one attached hydrogen (secondary N) is 1. The fourth-order valence-electron chi connectivity index (χ4n) is 2.54. The number of carbonyl (C=O) groups excluding carboxylic acids is 1. The van der Waals surface area contributed by atoms with Gasteiger partial charge in [0.25, 0.3) is 0 Å². The van der Waals surface area contributed by atoms with E-state index in [1.807, 2.05) is 4.90 Å². The van der Waals surface area contributed by atoms with Crippen LogP contribution in [0.1, 0.15) is 52.4 Å². The van der Waals surface area contributed by atoms with Crippen molar-refractivity contribution in [2.45, 2.75) is 52.4 Å². The van der Waals surface area contributed by atoms with Crippen LogP contribution >= 0.6 is 0 Å². The number of rotatable bonds is 7. The predicted octanol–water partition coefficient (Wildman–Crippen LogP) is 2.71. The van der Waals surface area contributed by atoms with E-state index in [9.17, 15) is 9.59 Å². The van der Waals surface area contributed by atoms with E-state index in [1.54, 1.807) is 0 Å². The molecular formula is C15H28N2O3. The Morgan fingerprint density at radius 2 is 1.95 bits per heavy atom. The SMILES string of the molecule is CC(C)CCC1CCN(C(=O)NCCCC(=O)O)CC1. The third-order valence-electron chi connectivity index (χ3n) is 3.90. The normalized spacial score (nSPS) is 16.4. The van der Waals surface area contributed by atoms with Crippen LogP contribution in [0.5, 0.6) is 0 Å². The van der Waals surface area contributed by atoms with Gasteiger partial charge in [-0.05, 0) is 31.1 Å². The predicted molar refractivity (Wildman–Crippen MR) is 78.6 cm³/mol. The molecule has 2 N–H and O–H groups in total. The minimum Gasteiger partial charge on any atom is -0.481 e. The lowest BCUT2D eigenvalue weighted by molar-refractivity contribution is -0.137. The summed E-state index contributed by atoms with van der Waals surface area (Å²) < 4.78 is 0. The average Bonchev–Trinajstić information content (AvgIpc) is 2.41. The number of hydrogen-bond donors (Lipinski definition) is 2. The van der Waals surface area contributed by atoms with Gasteiger partial charge >= 0.3 is 12.0 Å². The zero-order valence-corrected chi connectivity index (χ0v) is 12.7. The molecule has 0 spiro atoms. The Hall–Kier alpha value is -1.26. The third-order valence-corrected chi connectivity index (χ3v) is 3.90. The molecular weight excluding hydrogens is 256 g/mol. The van der Waals surface area contributed by atoms with Crippen LogP contribution in [0.4, 0.5) is 4.79 Å². The Morgan fingerprint density at radius 3 is 2.50 bits per heavy atom. The fraction of sp³-hybridized carbons (Fsp3) is 0.867. The third kappa shape index (κ3) is 6.78. The molecule has 0 aromatic rings. The van der Waals surface area contributed by atoms with Crippen molar-refractivity contribution in [1.82, 2.24) is 10.2 Å². The highest BCUT2D eigenvalue weighted by molar-refractivity contribution is 5.74. The molecule has 0 bridgehead atoms. The lowest BCUT2D eigenvalue weighted by Crippen LogP contribution is -2.44. The summed E-state index contributed by atoms with van der Waals surface area (Å²) in [6, 6.07) is -0.0438. The molecule has 0 atom stereocenters. The molecule has 116 valence electrons. The minimum absolute atomic E-state index is 0.0438. The van der Waals surface area contributed by atoms with Gasteiger partial charge in [0.1, 0.15) is 0 Å². The molecule has 2 amide bonds. The van der Waals surface area contributed by atoms with Gasteiger partial charge in [0, 0.05) is 26.1 Å². The number of likely N-dealkylation sites (tertiary alicyclic amines) is 1. The average molecular weight is 284 g/mol. The van der Waals surface area contributed by atoms with E-state index in [0.717, 1.165) is 37.8 Å². The number of urea groups is 1. The van der Waals surface area contributed by atoms with Gasteiger partial charge in [-0.15, -0.1) is 0 Å². The van der Waals surface area contributed by atoms with Crippen LogP contribution < -0.4 is 5.32 Å². The van der Waals surface area contributed by atoms with Gasteiger partial charge < -0.3 is 15.3 Å². The Morgan fingerprint density at radius 1 is 1.30 bits per heavy atom. The summed E-state index contributed by atoms with van der Waals surface area (Å²) in [5, 5.41) is 11.3. The van der Waals surface area contributed by atoms with Crippen LogP contribution in [0, 0.1) is 11.8 Å². The van der Waals surface area contributed by atoms with Crippen LogP contribution in [-0.2, 0) is 4.79 Å². The zero-order chi connectivity index (χ0) is 15.0. The van der Waals surface area contributed by atoms with E-state index < -0.39 is 5.97 Å². The molecule has 1 saturated heterocycles. The minimum atomic E-state index is -0.815. The summed E-state index contributed by atoms with van der Waals surface area (Å²) in [6.45, 7) is 6.60. The van der Waals surface area contributed by atoms with Crippen molar-refractivity contribution < 1.29 is 14.7 Å². The summed E-state index contributed by atoms with van der Waals surface area (Å²) in [5.74, 6) is 0.698. The molecule has 0 saturated carbocycles. The lowest BCUT2D eigenvalue weighted by atomic mass is 9.90. The Labute approximate surface area is 121 Å². The highest BCUT2D eigenvalue weighted by Crippen LogP contribution is 2.23. The van der Waals surface area contributed by atoms with Gasteiger partial charge in [0.2, 0.25) is 0 Å². The lowest BCUT2D eigenvalue weighted by Gasteiger charge is -2.32. The van der Waals surface area contributed by atoms with Crippen LogP contribution in [0.15, 0.2) is 0 Å². The van der Waals surface area contributed by atoms with Crippen molar-refractivity contribution in [3.05, 3.63) is 0 Å². The van der Waals surface area contributed by atoms with E-state index in [1.165, 1.54) is 12.8 Å². The molecule has 0 aromatic heterocycles. The first kappa shape index (κ1) is 16.8. The fourth-order valence-corrected chi connectivity index (χ4v) is 2.54. The molecule has 1 rings (SSSR count). The van der Waals surface area contributed by atoms with E-state index in [4.69, 9.17) is 5.11 Å². The van der Waals surface area contributed by atoms with Gasteiger partial charge in [-0.25, -0.2) is 4.79 Å². The number of piperidine rings is 1. The monoisotopic (exact) mass is 284 g/mol. The zero-order valence-electron chi connectivity index (χ0n) is 12.7. The van der Waals surface area contributed by atoms with Gasteiger partial charge in [-0.3, -0.25) is 4.79 Å². The van der Waals surface area contributed by atoms with Gasteiger partial charge in [0.05, 0.1) is 0 Å². The molecule has 0 aliphatic carbocycles. The van der Waals surface area contributed by atoms with Crippen LogP contribution in [0.3, 0.4) is 0 Å². The molecule has 0 radical (unpaired) electrons. The summed E-state index contributed by atoms with van der Waals surface area (Å²) in [4.78, 5) is 24.1. The number of aliphatic carboxylic acids is 1. The van der Waals surface area contributed by atoms with Crippen molar-refractivity contribution in [2.24, 2.45) is 11.8 Å². The molecule has 1 aliphatic heterocycles. The molecule has 0 aromatic carbocycles. The summed E-state index contributed by atoms with van der Waals surface area (Å²) in [5.41, 5.74) is 0. The second-order valence-electron chi connectivity index (χ2n) is 6.13. The van der Waals surface area contributed by atoms with E-state index in [2.05, 4.69) is 19.2 Å². The smallest absolute Gasteiger partial charge is 0.317 e. The molecule has 1 heterocycles. The highest BCUT2D eigenvalue weighted by atomic mass is 16.4. The van der Waals surface area contributed by atoms with Crippen molar-refractivity contribution >= 4 is 12.0 Å². The second kappa shape index (κ2) is 8.82. The molecule has 20 heavy (non-hydrogen) atoms. The Bertz CT molecular complexity index is 310. The van der Waals surface area contributed by atoms with Crippen molar-refractivity contribution in [1.29, 1.82) is 0 Å². The first-order valence-corrected chi connectivity index (χ1v) is 7.73. The van der Waals surface area contributed by atoms with Crippen LogP contribution in [-0.4, -0.2) is 41.6 Å². The number of hydrogen-bond acceptors (Lipinski definition) is 2. The quantitative estimate of drug-likeness (QED) is 0.706. The van der Waals surface area contributed by atoms with E-state index in [0.29, 0.717) is 13.0 Å². The topological polar surface area (TPSA) is 69.6 Å². The summed E-state index contributed by atoms with van der Waals surface area (Å²) >= 11 is 0. The number of amides is 2. The Kier molecular flexibility index (Phi) is 7.41. The van der Waals surface area contributed by atoms with Gasteiger partial charge in [-0.1, -0.05) is 26.7 Å². The van der Waals surface area contributed by atoms with Gasteiger partial charge in [0.15, 0.2) is 0 Å². The van der Waals surface area contributed by atoms with Gasteiger partial charge in [-0.2, -0.15) is 0 Å². The number of nitrogens with zero attached hydrogens (tertiary/aromatic N) is 1. The highest BCUT2D eigenvalue weighted by Gasteiger charge is 2.22. The molecule has 5 heteroatoms. The molecule has 1 aliphatic rings. The first-order valence-electron chi connectivity index (χ1n) is 7.73. The van der Waals surface area contributed by atoms with Crippen molar-refractivity contribution in [2.75, 3.05) is 19.6 Å². The molecule has 0 unspecified atom stereocenters. The standard InChI is InChI=1S/C15H28N2O3/c1-12(2)5-6-13-7-10-17(11-8-13)15(20)16-9-3-4-14(18)19/h12-13H,3-11H2,1-2H3,(H,16,20)(H,18,19). The Balaban J connectivity index is 2.14. The first-order chi connectivity index (χ1) is 9.49. The second-order valence-corrected chi connectivity index (χ2v) is 6.13. The van der Waals surface area contributed by atoms with Crippen molar-refractivity contribution in [3.63, 3.8) is 0 Å². The maximum atomic E-state index is 11.9. The molecule has 1 fully saturated rings.